The van der Waals surface area contributed by atoms with Crippen molar-refractivity contribution in [2.24, 2.45) is 7.05 Å². The van der Waals surface area contributed by atoms with E-state index in [0.717, 1.165) is 11.9 Å². The summed E-state index contributed by atoms with van der Waals surface area (Å²) in [7, 11) is -1.69. The molecule has 3 aromatic rings. The van der Waals surface area contributed by atoms with Crippen LogP contribution in [0.2, 0.25) is 0 Å². The van der Waals surface area contributed by atoms with Gasteiger partial charge in [-0.15, -0.1) is 0 Å². The Morgan fingerprint density at radius 1 is 1.18 bits per heavy atom. The fourth-order valence-corrected chi connectivity index (χ4v) is 2.96. The van der Waals surface area contributed by atoms with Crippen molar-refractivity contribution in [3.05, 3.63) is 48.0 Å². The molecule has 3 N–H and O–H groups in total. The minimum absolute atomic E-state index is 0.0826. The van der Waals surface area contributed by atoms with Gasteiger partial charge >= 0.3 is 0 Å². The summed E-state index contributed by atoms with van der Waals surface area (Å²) in [5.74, 6) is -0.202. The summed E-state index contributed by atoms with van der Waals surface area (Å²) in [5.41, 5.74) is 1.58. The first kappa shape index (κ1) is 19.5. The second kappa shape index (κ2) is 7.80. The van der Waals surface area contributed by atoms with Crippen LogP contribution in [0, 0.1) is 12.7 Å². The van der Waals surface area contributed by atoms with E-state index in [-0.39, 0.29) is 23.2 Å². The van der Waals surface area contributed by atoms with E-state index in [1.54, 1.807) is 42.1 Å². The molecule has 2 aromatic heterocycles. The molecule has 0 atom stereocenters. The predicted molar refractivity (Wildman–Crippen MR) is 106 cm³/mol. The quantitative estimate of drug-likeness (QED) is 0.554. The molecular formula is C17H20FN7O2S. The highest BCUT2D eigenvalue weighted by atomic mass is 32.2. The van der Waals surface area contributed by atoms with E-state index in [4.69, 9.17) is 0 Å². The lowest BCUT2D eigenvalue weighted by Gasteiger charge is -2.14. The van der Waals surface area contributed by atoms with Crippen LogP contribution in [0.25, 0.3) is 0 Å². The molecule has 0 aliphatic carbocycles. The summed E-state index contributed by atoms with van der Waals surface area (Å²) in [6.07, 6.45) is 1.02. The maximum atomic E-state index is 14.2. The van der Waals surface area contributed by atoms with Crippen molar-refractivity contribution in [2.45, 2.75) is 13.8 Å². The zero-order chi connectivity index (χ0) is 20.3. The van der Waals surface area contributed by atoms with Gasteiger partial charge in [0.25, 0.3) is 0 Å². The van der Waals surface area contributed by atoms with E-state index >= 15 is 0 Å². The lowest BCUT2D eigenvalue weighted by atomic mass is 10.2. The summed E-state index contributed by atoms with van der Waals surface area (Å²) in [5, 5.41) is 9.96. The lowest BCUT2D eigenvalue weighted by molar-refractivity contribution is 0.602. The number of halogens is 1. The number of benzene rings is 1. The molecule has 28 heavy (non-hydrogen) atoms. The zero-order valence-corrected chi connectivity index (χ0v) is 16.4. The van der Waals surface area contributed by atoms with E-state index in [0.29, 0.717) is 11.5 Å². The number of rotatable bonds is 7. The Hall–Kier alpha value is -3.21. The first-order valence-corrected chi connectivity index (χ1v) is 10.1. The highest BCUT2D eigenvalue weighted by Gasteiger charge is 2.14. The van der Waals surface area contributed by atoms with E-state index in [1.807, 2.05) is 6.92 Å². The highest BCUT2D eigenvalue weighted by molar-refractivity contribution is 7.92. The summed E-state index contributed by atoms with van der Waals surface area (Å²) in [6, 6.07) is 8.36. The number of hydrogen-bond acceptors (Lipinski definition) is 7. The van der Waals surface area contributed by atoms with Gasteiger partial charge in [0.2, 0.25) is 16.0 Å². The molecule has 0 aliphatic rings. The van der Waals surface area contributed by atoms with E-state index in [1.165, 1.54) is 6.92 Å². The van der Waals surface area contributed by atoms with Gasteiger partial charge in [0.1, 0.15) is 0 Å². The van der Waals surface area contributed by atoms with Crippen molar-refractivity contribution in [2.75, 3.05) is 21.1 Å². The van der Waals surface area contributed by atoms with Gasteiger partial charge in [-0.25, -0.2) is 17.8 Å². The van der Waals surface area contributed by atoms with E-state index in [9.17, 15) is 12.8 Å². The van der Waals surface area contributed by atoms with Gasteiger partial charge in [0.05, 0.1) is 23.3 Å². The van der Waals surface area contributed by atoms with Crippen molar-refractivity contribution < 1.29 is 12.8 Å². The highest BCUT2D eigenvalue weighted by Crippen LogP contribution is 2.27. The normalized spacial score (nSPS) is 11.3. The topological polar surface area (TPSA) is 114 Å². The molecule has 0 saturated heterocycles. The maximum absolute atomic E-state index is 14.2. The Morgan fingerprint density at radius 3 is 2.54 bits per heavy atom. The number of para-hydroxylation sites is 2. The molecule has 0 saturated carbocycles. The average molecular weight is 405 g/mol. The van der Waals surface area contributed by atoms with Crippen LogP contribution in [0.1, 0.15) is 12.6 Å². The van der Waals surface area contributed by atoms with Gasteiger partial charge in [-0.2, -0.15) is 10.1 Å². The van der Waals surface area contributed by atoms with Crippen LogP contribution in [0.15, 0.2) is 36.5 Å². The number of anilines is 5. The SMILES string of the molecule is CCS(=O)(=O)Nc1ccccc1Nc1nc(Nc2cc(C)n(C)n2)ncc1F. The number of nitrogens with one attached hydrogen (secondary N) is 3. The third-order valence-electron chi connectivity index (χ3n) is 3.92. The fourth-order valence-electron chi connectivity index (χ4n) is 2.30. The van der Waals surface area contributed by atoms with Crippen molar-refractivity contribution in [3.8, 4) is 0 Å². The molecule has 0 amide bonds. The molecule has 2 heterocycles. The molecule has 0 fully saturated rings. The largest absolute Gasteiger partial charge is 0.336 e. The fraction of sp³-hybridized carbons (Fsp3) is 0.235. The van der Waals surface area contributed by atoms with Gasteiger partial charge in [0.15, 0.2) is 17.5 Å². The molecule has 0 bridgehead atoms. The van der Waals surface area contributed by atoms with Crippen LogP contribution in [0.5, 0.6) is 0 Å². The van der Waals surface area contributed by atoms with Gasteiger partial charge in [-0.3, -0.25) is 9.40 Å². The molecule has 0 aliphatic heterocycles. The number of aryl methyl sites for hydroxylation is 2. The van der Waals surface area contributed by atoms with Crippen LogP contribution in [-0.2, 0) is 17.1 Å². The monoisotopic (exact) mass is 405 g/mol. The maximum Gasteiger partial charge on any atom is 0.232 e. The standard InChI is InChI=1S/C17H20FN7O2S/c1-4-28(26,27)24-14-8-6-5-7-13(14)20-16-12(18)10-19-17(22-16)21-15-9-11(2)25(3)23-15/h5-10,24H,4H2,1-3H3,(H2,19,20,21,22,23). The molecule has 148 valence electrons. The predicted octanol–water partition coefficient (Wildman–Crippen LogP) is 2.91. The third kappa shape index (κ3) is 4.55. The molecule has 0 unspecified atom stereocenters. The van der Waals surface area contributed by atoms with Gasteiger partial charge in [0, 0.05) is 18.8 Å². The van der Waals surface area contributed by atoms with Gasteiger partial charge < -0.3 is 10.6 Å². The minimum atomic E-state index is -3.49. The molecule has 11 heteroatoms. The Bertz CT molecular complexity index is 1080. The molecule has 0 spiro atoms. The Kier molecular flexibility index (Phi) is 5.45. The van der Waals surface area contributed by atoms with Crippen LogP contribution in [0.4, 0.5) is 33.3 Å². The van der Waals surface area contributed by atoms with Crippen LogP contribution in [0.3, 0.4) is 0 Å². The molecule has 0 radical (unpaired) electrons. The molecule has 1 aromatic carbocycles. The second-order valence-electron chi connectivity index (χ2n) is 5.99. The Labute approximate surface area is 162 Å². The van der Waals surface area contributed by atoms with Crippen molar-refractivity contribution >= 4 is 39.0 Å². The number of hydrogen-bond donors (Lipinski definition) is 3. The summed E-state index contributed by atoms with van der Waals surface area (Å²) in [6.45, 7) is 3.42. The molecular weight excluding hydrogens is 385 g/mol. The smallest absolute Gasteiger partial charge is 0.232 e. The minimum Gasteiger partial charge on any atom is -0.336 e. The lowest BCUT2D eigenvalue weighted by Crippen LogP contribution is -2.15. The van der Waals surface area contributed by atoms with E-state index < -0.39 is 15.8 Å². The summed E-state index contributed by atoms with van der Waals surface area (Å²) in [4.78, 5) is 8.04. The van der Waals surface area contributed by atoms with E-state index in [2.05, 4.69) is 30.4 Å². The van der Waals surface area contributed by atoms with Gasteiger partial charge in [-0.1, -0.05) is 12.1 Å². The first-order valence-electron chi connectivity index (χ1n) is 8.44. The van der Waals surface area contributed by atoms with Crippen LogP contribution >= 0.6 is 0 Å². The third-order valence-corrected chi connectivity index (χ3v) is 5.21. The van der Waals surface area contributed by atoms with Crippen LogP contribution < -0.4 is 15.4 Å². The van der Waals surface area contributed by atoms with Crippen molar-refractivity contribution in [1.29, 1.82) is 0 Å². The Balaban J connectivity index is 1.87. The number of aromatic nitrogens is 4. The summed E-state index contributed by atoms with van der Waals surface area (Å²) < 4.78 is 42.1. The number of nitrogens with zero attached hydrogens (tertiary/aromatic N) is 4. The summed E-state index contributed by atoms with van der Waals surface area (Å²) >= 11 is 0. The van der Waals surface area contributed by atoms with Crippen molar-refractivity contribution in [3.63, 3.8) is 0 Å². The zero-order valence-electron chi connectivity index (χ0n) is 15.6. The van der Waals surface area contributed by atoms with Crippen molar-refractivity contribution in [1.82, 2.24) is 19.7 Å². The van der Waals surface area contributed by atoms with Crippen LogP contribution in [-0.4, -0.2) is 33.9 Å². The molecule has 9 nitrogen and oxygen atoms in total. The van der Waals surface area contributed by atoms with Gasteiger partial charge in [-0.05, 0) is 26.0 Å². The Morgan fingerprint density at radius 2 is 1.89 bits per heavy atom. The first-order chi connectivity index (χ1) is 13.3. The molecule has 3 rings (SSSR count). The number of sulfonamides is 1. The average Bonchev–Trinajstić information content (AvgIpc) is 2.96. The second-order valence-corrected chi connectivity index (χ2v) is 8.00.